The Bertz CT molecular complexity index is 301. The molecule has 5 heteroatoms. The van der Waals surface area contributed by atoms with Crippen LogP contribution >= 0.6 is 12.2 Å². The van der Waals surface area contributed by atoms with Crippen LogP contribution in [0.4, 0.5) is 0 Å². The van der Waals surface area contributed by atoms with E-state index in [9.17, 15) is 4.79 Å². The van der Waals surface area contributed by atoms with E-state index >= 15 is 0 Å². The van der Waals surface area contributed by atoms with Gasteiger partial charge in [-0.25, -0.2) is 0 Å². The van der Waals surface area contributed by atoms with Crippen LogP contribution in [0.3, 0.4) is 0 Å². The van der Waals surface area contributed by atoms with E-state index in [2.05, 4.69) is 5.32 Å². The van der Waals surface area contributed by atoms with Crippen molar-refractivity contribution < 1.29 is 9.53 Å². The predicted octanol–water partition coefficient (Wildman–Crippen LogP) is 1.76. The molecule has 0 saturated heterocycles. The van der Waals surface area contributed by atoms with E-state index in [1.54, 1.807) is 0 Å². The molecule has 1 amide bonds. The van der Waals surface area contributed by atoms with Gasteiger partial charge in [-0.1, -0.05) is 18.6 Å². The number of hydrogen-bond donors (Lipinski definition) is 2. The summed E-state index contributed by atoms with van der Waals surface area (Å²) < 4.78 is 5.43. The molecule has 18 heavy (non-hydrogen) atoms. The number of nitrogens with two attached hydrogens (primary N) is 1. The van der Waals surface area contributed by atoms with Crippen LogP contribution in [0.2, 0.25) is 0 Å². The third-order valence-electron chi connectivity index (χ3n) is 3.42. The largest absolute Gasteiger partial charge is 0.392 e. The molecule has 0 aliphatic heterocycles. The van der Waals surface area contributed by atoms with Crippen LogP contribution in [0.5, 0.6) is 0 Å². The van der Waals surface area contributed by atoms with Crippen LogP contribution in [0.25, 0.3) is 0 Å². The molecule has 1 rings (SSSR count). The van der Waals surface area contributed by atoms with Gasteiger partial charge in [0.1, 0.15) is 0 Å². The third-order valence-corrected chi connectivity index (χ3v) is 3.81. The summed E-state index contributed by atoms with van der Waals surface area (Å²) in [5.74, 6) is 0.00558. The highest BCUT2D eigenvalue weighted by atomic mass is 32.1. The van der Waals surface area contributed by atoms with Gasteiger partial charge in [-0.2, -0.15) is 0 Å². The average molecular weight is 272 g/mol. The molecule has 1 aliphatic carbocycles. The van der Waals surface area contributed by atoms with Crippen molar-refractivity contribution in [3.63, 3.8) is 0 Å². The molecule has 0 unspecified atom stereocenters. The molecule has 0 atom stereocenters. The Kier molecular flexibility index (Phi) is 6.02. The number of carbonyl (C=O) groups is 1. The van der Waals surface area contributed by atoms with E-state index < -0.39 is 5.41 Å². The average Bonchev–Trinajstić information content (AvgIpc) is 2.20. The molecule has 1 fully saturated rings. The zero-order valence-corrected chi connectivity index (χ0v) is 12.1. The van der Waals surface area contributed by atoms with Gasteiger partial charge in [0.05, 0.1) is 16.5 Å². The van der Waals surface area contributed by atoms with Crippen molar-refractivity contribution in [2.45, 2.75) is 52.1 Å². The second-order valence-electron chi connectivity index (χ2n) is 5.18. The highest BCUT2D eigenvalue weighted by molar-refractivity contribution is 7.80. The number of amides is 1. The first-order valence-electron chi connectivity index (χ1n) is 6.69. The SMILES string of the molecule is CC(C)OCCCCNC(=O)C1(C(N)=S)CCC1. The lowest BCUT2D eigenvalue weighted by molar-refractivity contribution is -0.130. The summed E-state index contributed by atoms with van der Waals surface area (Å²) in [6, 6.07) is 0. The van der Waals surface area contributed by atoms with Gasteiger partial charge < -0.3 is 15.8 Å². The van der Waals surface area contributed by atoms with Crippen LogP contribution in [-0.4, -0.2) is 30.2 Å². The predicted molar refractivity (Wildman–Crippen MR) is 76.4 cm³/mol. The van der Waals surface area contributed by atoms with Crippen molar-refractivity contribution in [2.24, 2.45) is 11.1 Å². The van der Waals surface area contributed by atoms with E-state index in [0.29, 0.717) is 11.5 Å². The summed E-state index contributed by atoms with van der Waals surface area (Å²) in [6.45, 7) is 5.45. The lowest BCUT2D eigenvalue weighted by Crippen LogP contribution is -2.53. The minimum Gasteiger partial charge on any atom is -0.392 e. The van der Waals surface area contributed by atoms with Gasteiger partial charge in [-0.15, -0.1) is 0 Å². The first-order chi connectivity index (χ1) is 8.49. The number of unbranched alkanes of at least 4 members (excludes halogenated alkanes) is 1. The molecule has 0 aromatic heterocycles. The smallest absolute Gasteiger partial charge is 0.233 e. The fraction of sp³-hybridized carbons (Fsp3) is 0.846. The van der Waals surface area contributed by atoms with E-state index in [-0.39, 0.29) is 12.0 Å². The lowest BCUT2D eigenvalue weighted by Gasteiger charge is -2.39. The van der Waals surface area contributed by atoms with E-state index in [4.69, 9.17) is 22.7 Å². The molecule has 0 radical (unpaired) electrons. The van der Waals surface area contributed by atoms with E-state index in [1.807, 2.05) is 13.8 Å². The Hall–Kier alpha value is -0.680. The van der Waals surface area contributed by atoms with E-state index in [0.717, 1.165) is 38.7 Å². The Balaban J connectivity index is 2.15. The molecule has 1 saturated carbocycles. The summed E-state index contributed by atoms with van der Waals surface area (Å²) in [5, 5.41) is 2.93. The normalized spacial score (nSPS) is 17.3. The number of hydrogen-bond acceptors (Lipinski definition) is 3. The molecule has 3 N–H and O–H groups in total. The van der Waals surface area contributed by atoms with Crippen LogP contribution in [-0.2, 0) is 9.53 Å². The summed E-state index contributed by atoms with van der Waals surface area (Å²) in [4.78, 5) is 12.4. The molecule has 104 valence electrons. The van der Waals surface area contributed by atoms with Crippen molar-refractivity contribution in [2.75, 3.05) is 13.2 Å². The number of carbonyl (C=O) groups excluding carboxylic acids is 1. The Labute approximate surface area is 115 Å². The Morgan fingerprint density at radius 1 is 1.44 bits per heavy atom. The molecule has 0 aromatic rings. The highest BCUT2D eigenvalue weighted by Gasteiger charge is 2.46. The van der Waals surface area contributed by atoms with Crippen molar-refractivity contribution >= 4 is 23.1 Å². The third kappa shape index (κ3) is 3.92. The zero-order valence-electron chi connectivity index (χ0n) is 11.3. The molecule has 4 nitrogen and oxygen atoms in total. The van der Waals surface area contributed by atoms with Crippen molar-refractivity contribution in [1.82, 2.24) is 5.32 Å². The maximum atomic E-state index is 12.0. The monoisotopic (exact) mass is 272 g/mol. The van der Waals surface area contributed by atoms with Gasteiger partial charge in [0, 0.05) is 13.2 Å². The summed E-state index contributed by atoms with van der Waals surface area (Å²) >= 11 is 5.00. The van der Waals surface area contributed by atoms with Gasteiger partial charge in [-0.05, 0) is 39.5 Å². The van der Waals surface area contributed by atoms with Crippen molar-refractivity contribution in [3.8, 4) is 0 Å². The highest BCUT2D eigenvalue weighted by Crippen LogP contribution is 2.41. The Morgan fingerprint density at radius 2 is 2.11 bits per heavy atom. The van der Waals surface area contributed by atoms with E-state index in [1.165, 1.54) is 0 Å². The lowest BCUT2D eigenvalue weighted by atomic mass is 9.68. The first-order valence-corrected chi connectivity index (χ1v) is 7.09. The van der Waals surface area contributed by atoms with Crippen LogP contribution in [0.15, 0.2) is 0 Å². The number of ether oxygens (including phenoxy) is 1. The fourth-order valence-corrected chi connectivity index (χ4v) is 2.33. The van der Waals surface area contributed by atoms with Gasteiger partial charge in [0.15, 0.2) is 0 Å². The minimum absolute atomic E-state index is 0.00558. The Morgan fingerprint density at radius 3 is 2.56 bits per heavy atom. The van der Waals surface area contributed by atoms with Crippen LogP contribution in [0, 0.1) is 5.41 Å². The zero-order chi connectivity index (χ0) is 13.6. The summed E-state index contributed by atoms with van der Waals surface area (Å²) in [7, 11) is 0. The molecular formula is C13H24N2O2S. The fourth-order valence-electron chi connectivity index (χ4n) is 2.03. The van der Waals surface area contributed by atoms with Gasteiger partial charge in [0.25, 0.3) is 0 Å². The maximum absolute atomic E-state index is 12.0. The standard InChI is InChI=1S/C13H24N2O2S/c1-10(2)17-9-4-3-8-15-12(16)13(11(14)18)6-5-7-13/h10H,3-9H2,1-2H3,(H2,14,18)(H,15,16). The van der Waals surface area contributed by atoms with Crippen molar-refractivity contribution in [3.05, 3.63) is 0 Å². The number of nitrogens with one attached hydrogen (secondary N) is 1. The van der Waals surface area contributed by atoms with Gasteiger partial charge in [0.2, 0.25) is 5.91 Å². The molecule has 0 heterocycles. The number of rotatable bonds is 8. The van der Waals surface area contributed by atoms with Crippen LogP contribution < -0.4 is 11.1 Å². The van der Waals surface area contributed by atoms with Gasteiger partial charge >= 0.3 is 0 Å². The second-order valence-corrected chi connectivity index (χ2v) is 5.62. The molecule has 0 spiro atoms. The van der Waals surface area contributed by atoms with Gasteiger partial charge in [-0.3, -0.25) is 4.79 Å². The van der Waals surface area contributed by atoms with Crippen molar-refractivity contribution in [1.29, 1.82) is 0 Å². The topological polar surface area (TPSA) is 64.3 Å². The number of thiocarbonyl (C=S) groups is 1. The maximum Gasteiger partial charge on any atom is 0.233 e. The minimum atomic E-state index is -0.552. The molecule has 1 aliphatic rings. The second kappa shape index (κ2) is 7.04. The first kappa shape index (κ1) is 15.4. The molecule has 0 bridgehead atoms. The van der Waals surface area contributed by atoms with Crippen LogP contribution in [0.1, 0.15) is 46.0 Å². The summed E-state index contributed by atoms with van der Waals surface area (Å²) in [6.07, 6.45) is 4.78. The molecule has 0 aromatic carbocycles. The molecular weight excluding hydrogens is 248 g/mol. The summed E-state index contributed by atoms with van der Waals surface area (Å²) in [5.41, 5.74) is 5.12. The quantitative estimate of drug-likeness (QED) is 0.522.